The fraction of sp³-hybridized carbons (Fsp3) is 0.0714. The van der Waals surface area contributed by atoms with E-state index in [1.165, 1.54) is 23.9 Å². The second kappa shape index (κ2) is 5.24. The summed E-state index contributed by atoms with van der Waals surface area (Å²) < 4.78 is 6.02. The van der Waals surface area contributed by atoms with E-state index in [-0.39, 0.29) is 11.5 Å². The number of nitro benzene ring substituents is 1. The third kappa shape index (κ3) is 2.26. The molecule has 0 radical (unpaired) electrons. The molecule has 0 unspecified atom stereocenters. The summed E-state index contributed by atoms with van der Waals surface area (Å²) in [6.07, 6.45) is 1.46. The molecule has 0 spiro atoms. The van der Waals surface area contributed by atoms with Gasteiger partial charge in [-0.2, -0.15) is 0 Å². The van der Waals surface area contributed by atoms with Gasteiger partial charge in [-0.1, -0.05) is 12.1 Å². The second-order valence-electron chi connectivity index (χ2n) is 4.42. The molecule has 0 saturated carbocycles. The van der Waals surface area contributed by atoms with Crippen LogP contribution in [0.5, 0.6) is 0 Å². The zero-order valence-corrected chi connectivity index (χ0v) is 11.5. The summed E-state index contributed by atoms with van der Waals surface area (Å²) in [5, 5.41) is 15.3. The minimum absolute atomic E-state index is 0.0772. The van der Waals surface area contributed by atoms with Crippen LogP contribution in [0.2, 0.25) is 0 Å². The predicted molar refractivity (Wildman–Crippen MR) is 76.4 cm³/mol. The predicted octanol–water partition coefficient (Wildman–Crippen LogP) is 2.09. The lowest BCUT2D eigenvalue weighted by Crippen LogP contribution is -2.03. The standard InChI is InChI=1S/C14H10N4O4/c1-22-14(19)9-6-7-12-15-13(16-17(12)8-9)10-4-2-3-5-11(10)18(20)21/h2-8H,1H3. The minimum Gasteiger partial charge on any atom is -0.465 e. The van der Waals surface area contributed by atoms with Gasteiger partial charge in [-0.05, 0) is 18.2 Å². The summed E-state index contributed by atoms with van der Waals surface area (Å²) in [5.74, 6) is -0.279. The number of esters is 1. The van der Waals surface area contributed by atoms with E-state index in [0.29, 0.717) is 16.8 Å². The van der Waals surface area contributed by atoms with Crippen molar-refractivity contribution in [3.05, 3.63) is 58.3 Å². The summed E-state index contributed by atoms with van der Waals surface area (Å²) in [6, 6.07) is 9.37. The highest BCUT2D eigenvalue weighted by molar-refractivity contribution is 5.89. The molecule has 2 aromatic heterocycles. The molecule has 0 aliphatic heterocycles. The van der Waals surface area contributed by atoms with Crippen LogP contribution in [0.4, 0.5) is 5.69 Å². The zero-order valence-electron chi connectivity index (χ0n) is 11.5. The van der Waals surface area contributed by atoms with Crippen molar-refractivity contribution in [2.24, 2.45) is 0 Å². The van der Waals surface area contributed by atoms with Crippen molar-refractivity contribution in [3.8, 4) is 11.4 Å². The van der Waals surface area contributed by atoms with Gasteiger partial charge in [-0.3, -0.25) is 10.1 Å². The summed E-state index contributed by atoms with van der Waals surface area (Å²) in [5.41, 5.74) is 1.03. The van der Waals surface area contributed by atoms with Gasteiger partial charge in [0.2, 0.25) is 0 Å². The minimum atomic E-state index is -0.496. The van der Waals surface area contributed by atoms with Gasteiger partial charge in [0.05, 0.1) is 23.2 Å². The molecule has 3 rings (SSSR count). The van der Waals surface area contributed by atoms with Gasteiger partial charge in [0, 0.05) is 12.3 Å². The Kier molecular flexibility index (Phi) is 3.26. The fourth-order valence-corrected chi connectivity index (χ4v) is 2.06. The molecule has 110 valence electrons. The van der Waals surface area contributed by atoms with Gasteiger partial charge >= 0.3 is 5.97 Å². The maximum Gasteiger partial charge on any atom is 0.339 e. The van der Waals surface area contributed by atoms with Gasteiger partial charge < -0.3 is 4.74 Å². The summed E-state index contributed by atoms with van der Waals surface area (Å²) >= 11 is 0. The lowest BCUT2D eigenvalue weighted by atomic mass is 10.2. The number of rotatable bonds is 3. The summed E-state index contributed by atoms with van der Waals surface area (Å²) in [6.45, 7) is 0. The maximum atomic E-state index is 11.5. The van der Waals surface area contributed by atoms with Crippen LogP contribution < -0.4 is 0 Å². The molecular weight excluding hydrogens is 288 g/mol. The van der Waals surface area contributed by atoms with E-state index in [0.717, 1.165) is 0 Å². The van der Waals surface area contributed by atoms with Crippen LogP contribution in [-0.4, -0.2) is 32.6 Å². The molecule has 3 aromatic rings. The monoisotopic (exact) mass is 298 g/mol. The Bertz CT molecular complexity index is 887. The number of aromatic nitrogens is 3. The maximum absolute atomic E-state index is 11.5. The van der Waals surface area contributed by atoms with Crippen molar-refractivity contribution < 1.29 is 14.5 Å². The largest absolute Gasteiger partial charge is 0.465 e. The molecule has 0 N–H and O–H groups in total. The van der Waals surface area contributed by atoms with E-state index in [4.69, 9.17) is 0 Å². The third-order valence-corrected chi connectivity index (χ3v) is 3.09. The number of benzene rings is 1. The quantitative estimate of drug-likeness (QED) is 0.417. The van der Waals surface area contributed by atoms with Crippen LogP contribution in [-0.2, 0) is 4.74 Å². The van der Waals surface area contributed by atoms with Crippen LogP contribution in [0.3, 0.4) is 0 Å². The van der Waals surface area contributed by atoms with Crippen molar-refractivity contribution in [3.63, 3.8) is 0 Å². The van der Waals surface area contributed by atoms with Crippen LogP contribution in [0.25, 0.3) is 17.0 Å². The smallest absolute Gasteiger partial charge is 0.339 e. The molecule has 0 saturated heterocycles. The molecule has 8 nitrogen and oxygen atoms in total. The van der Waals surface area contributed by atoms with Crippen LogP contribution in [0.1, 0.15) is 10.4 Å². The van der Waals surface area contributed by atoms with E-state index in [1.807, 2.05) is 0 Å². The Morgan fingerprint density at radius 1 is 1.27 bits per heavy atom. The molecule has 0 bridgehead atoms. The number of carbonyl (C=O) groups is 1. The summed E-state index contributed by atoms with van der Waals surface area (Å²) in [7, 11) is 1.28. The average Bonchev–Trinajstić information content (AvgIpc) is 2.96. The van der Waals surface area contributed by atoms with Gasteiger partial charge in [-0.15, -0.1) is 5.10 Å². The van der Waals surface area contributed by atoms with Gasteiger partial charge in [0.25, 0.3) is 5.69 Å². The number of para-hydroxylation sites is 1. The van der Waals surface area contributed by atoms with Crippen LogP contribution in [0.15, 0.2) is 42.6 Å². The van der Waals surface area contributed by atoms with E-state index in [9.17, 15) is 14.9 Å². The first-order valence-corrected chi connectivity index (χ1v) is 6.28. The van der Waals surface area contributed by atoms with Crippen molar-refractivity contribution >= 4 is 17.3 Å². The Hall–Kier alpha value is -3.29. The van der Waals surface area contributed by atoms with Crippen molar-refractivity contribution in [2.75, 3.05) is 7.11 Å². The Morgan fingerprint density at radius 2 is 2.05 bits per heavy atom. The number of methoxy groups -OCH3 is 1. The molecule has 0 fully saturated rings. The van der Waals surface area contributed by atoms with E-state index < -0.39 is 10.9 Å². The molecule has 0 amide bonds. The number of pyridine rings is 1. The molecule has 0 aliphatic rings. The number of carbonyl (C=O) groups excluding carboxylic acids is 1. The highest BCUT2D eigenvalue weighted by atomic mass is 16.6. The van der Waals surface area contributed by atoms with Crippen molar-refractivity contribution in [2.45, 2.75) is 0 Å². The number of nitrogens with zero attached hydrogens (tertiary/aromatic N) is 4. The first-order chi connectivity index (χ1) is 10.6. The average molecular weight is 298 g/mol. The number of ether oxygens (including phenoxy) is 1. The normalized spacial score (nSPS) is 10.6. The molecule has 22 heavy (non-hydrogen) atoms. The van der Waals surface area contributed by atoms with Crippen molar-refractivity contribution in [1.29, 1.82) is 0 Å². The van der Waals surface area contributed by atoms with Crippen molar-refractivity contribution in [1.82, 2.24) is 14.6 Å². The van der Waals surface area contributed by atoms with Gasteiger partial charge in [0.1, 0.15) is 0 Å². The van der Waals surface area contributed by atoms with E-state index in [1.54, 1.807) is 30.3 Å². The first-order valence-electron chi connectivity index (χ1n) is 6.28. The van der Waals surface area contributed by atoms with Gasteiger partial charge in [0.15, 0.2) is 11.5 Å². The van der Waals surface area contributed by atoms with Gasteiger partial charge in [-0.25, -0.2) is 14.3 Å². The molecule has 8 heteroatoms. The molecule has 0 atom stereocenters. The fourth-order valence-electron chi connectivity index (χ4n) is 2.06. The number of hydrogen-bond acceptors (Lipinski definition) is 6. The highest BCUT2D eigenvalue weighted by Gasteiger charge is 2.18. The third-order valence-electron chi connectivity index (χ3n) is 3.09. The second-order valence-corrected chi connectivity index (χ2v) is 4.42. The molecule has 0 aliphatic carbocycles. The number of nitro groups is 1. The molecule has 2 heterocycles. The molecular formula is C14H10N4O4. The SMILES string of the molecule is COC(=O)c1ccc2nc(-c3ccccc3[N+](=O)[O-])nn2c1. The van der Waals surface area contributed by atoms with E-state index >= 15 is 0 Å². The van der Waals surface area contributed by atoms with Crippen LogP contribution in [0, 0.1) is 10.1 Å². The molecule has 1 aromatic carbocycles. The van der Waals surface area contributed by atoms with Crippen LogP contribution >= 0.6 is 0 Å². The summed E-state index contributed by atoms with van der Waals surface area (Å²) in [4.78, 5) is 26.3. The number of fused-ring (bicyclic) bond motifs is 1. The van der Waals surface area contributed by atoms with E-state index in [2.05, 4.69) is 14.8 Å². The lowest BCUT2D eigenvalue weighted by Gasteiger charge is -1.98. The Balaban J connectivity index is 2.13. The Morgan fingerprint density at radius 3 is 2.77 bits per heavy atom. The first kappa shape index (κ1) is 13.7. The Labute approximate surface area is 124 Å². The topological polar surface area (TPSA) is 99.6 Å². The lowest BCUT2D eigenvalue weighted by molar-refractivity contribution is -0.384. The highest BCUT2D eigenvalue weighted by Crippen LogP contribution is 2.27. The zero-order chi connectivity index (χ0) is 15.7. The number of hydrogen-bond donors (Lipinski definition) is 0.